The van der Waals surface area contributed by atoms with Crippen molar-refractivity contribution in [1.82, 2.24) is 14.5 Å². The van der Waals surface area contributed by atoms with Gasteiger partial charge in [-0.05, 0) is 60.7 Å². The summed E-state index contributed by atoms with van der Waals surface area (Å²) >= 11 is 6.28. The highest BCUT2D eigenvalue weighted by molar-refractivity contribution is 6.30. The normalized spacial score (nSPS) is 13.8. The van der Waals surface area contributed by atoms with Gasteiger partial charge in [0, 0.05) is 29.4 Å². The van der Waals surface area contributed by atoms with E-state index in [-0.39, 0.29) is 5.91 Å². The fourth-order valence-electron chi connectivity index (χ4n) is 3.93. The molecule has 33 heavy (non-hydrogen) atoms. The van der Waals surface area contributed by atoms with E-state index < -0.39 is 0 Å². The van der Waals surface area contributed by atoms with Gasteiger partial charge in [-0.2, -0.15) is 0 Å². The Balaban J connectivity index is 1.57. The summed E-state index contributed by atoms with van der Waals surface area (Å²) in [5, 5.41) is 4.01. The van der Waals surface area contributed by atoms with Crippen LogP contribution in [0.2, 0.25) is 5.02 Å². The van der Waals surface area contributed by atoms with Gasteiger partial charge in [0.25, 0.3) is 5.91 Å². The molecule has 0 unspecified atom stereocenters. The lowest BCUT2D eigenvalue weighted by Gasteiger charge is -2.26. The number of morpholine rings is 1. The number of carbonyl (C=O) groups is 1. The van der Waals surface area contributed by atoms with Gasteiger partial charge >= 0.3 is 0 Å². The number of benzene rings is 3. The van der Waals surface area contributed by atoms with Crippen LogP contribution >= 0.6 is 11.6 Å². The summed E-state index contributed by atoms with van der Waals surface area (Å²) < 4.78 is 12.6. The highest BCUT2D eigenvalue weighted by atomic mass is 35.5. The van der Waals surface area contributed by atoms with Crippen LogP contribution in [0.5, 0.6) is 5.75 Å². The van der Waals surface area contributed by atoms with E-state index in [4.69, 9.17) is 26.1 Å². The van der Waals surface area contributed by atoms with E-state index in [9.17, 15) is 4.79 Å². The second kappa shape index (κ2) is 9.13. The molecular weight excluding hydrogens is 440 g/mol. The van der Waals surface area contributed by atoms with Crippen LogP contribution in [0.4, 0.5) is 11.6 Å². The van der Waals surface area contributed by atoms with E-state index in [0.717, 1.165) is 22.6 Å². The minimum Gasteiger partial charge on any atom is -0.497 e. The third-order valence-corrected chi connectivity index (χ3v) is 5.85. The minimum absolute atomic E-state index is 0.0119. The molecule has 5 rings (SSSR count). The molecule has 0 saturated carbocycles. The van der Waals surface area contributed by atoms with E-state index in [2.05, 4.69) is 5.32 Å². The number of hydrogen-bond acceptors (Lipinski definition) is 5. The Bertz CT molecular complexity index is 1300. The number of nitrogens with zero attached hydrogens (tertiary/aromatic N) is 3. The Morgan fingerprint density at radius 2 is 1.85 bits per heavy atom. The Kier molecular flexibility index (Phi) is 5.90. The van der Waals surface area contributed by atoms with Gasteiger partial charge in [-0.3, -0.25) is 9.36 Å². The van der Waals surface area contributed by atoms with Crippen molar-refractivity contribution in [2.75, 3.05) is 38.7 Å². The summed E-state index contributed by atoms with van der Waals surface area (Å²) in [7, 11) is 1.64. The molecule has 1 N–H and O–H groups in total. The summed E-state index contributed by atoms with van der Waals surface area (Å²) in [6, 6.07) is 20.8. The molecule has 1 amide bonds. The fourth-order valence-corrected chi connectivity index (χ4v) is 4.11. The van der Waals surface area contributed by atoms with Crippen LogP contribution in [0.15, 0.2) is 66.7 Å². The van der Waals surface area contributed by atoms with Crippen LogP contribution in [0, 0.1) is 0 Å². The van der Waals surface area contributed by atoms with Gasteiger partial charge in [0.15, 0.2) is 0 Å². The van der Waals surface area contributed by atoms with Gasteiger partial charge in [0.2, 0.25) is 5.95 Å². The number of imidazole rings is 1. The fraction of sp³-hybridized carbons (Fsp3) is 0.200. The first-order valence-corrected chi connectivity index (χ1v) is 11.1. The lowest BCUT2D eigenvalue weighted by atomic mass is 10.1. The predicted molar refractivity (Wildman–Crippen MR) is 129 cm³/mol. The topological polar surface area (TPSA) is 68.6 Å². The number of anilines is 2. The van der Waals surface area contributed by atoms with Crippen LogP contribution in [-0.2, 0) is 4.74 Å². The summed E-state index contributed by atoms with van der Waals surface area (Å²) in [6.07, 6.45) is 0. The molecule has 1 aromatic heterocycles. The molecule has 0 spiro atoms. The van der Waals surface area contributed by atoms with Gasteiger partial charge in [-0.1, -0.05) is 17.7 Å². The zero-order valence-corrected chi connectivity index (χ0v) is 18.9. The predicted octanol–water partition coefficient (Wildman–Crippen LogP) is 4.90. The van der Waals surface area contributed by atoms with Crippen LogP contribution in [0.1, 0.15) is 10.4 Å². The summed E-state index contributed by atoms with van der Waals surface area (Å²) in [5.41, 5.74) is 3.92. The molecule has 0 aliphatic carbocycles. The molecule has 1 fully saturated rings. The number of hydrogen-bond donors (Lipinski definition) is 1. The van der Waals surface area contributed by atoms with E-state index in [1.165, 1.54) is 0 Å². The molecule has 3 aromatic carbocycles. The first kappa shape index (κ1) is 21.3. The summed E-state index contributed by atoms with van der Waals surface area (Å²) in [6.45, 7) is 2.32. The smallest absolute Gasteiger partial charge is 0.254 e. The van der Waals surface area contributed by atoms with Crippen molar-refractivity contribution in [1.29, 1.82) is 0 Å². The molecule has 168 valence electrons. The number of halogens is 1. The maximum Gasteiger partial charge on any atom is 0.254 e. The molecule has 0 radical (unpaired) electrons. The van der Waals surface area contributed by atoms with E-state index >= 15 is 0 Å². The third kappa shape index (κ3) is 4.37. The van der Waals surface area contributed by atoms with Gasteiger partial charge in [-0.25, -0.2) is 4.98 Å². The lowest BCUT2D eigenvalue weighted by Crippen LogP contribution is -2.40. The third-order valence-electron chi connectivity index (χ3n) is 5.61. The molecule has 1 aliphatic heterocycles. The number of fused-ring (bicyclic) bond motifs is 1. The van der Waals surface area contributed by atoms with Crippen molar-refractivity contribution in [3.63, 3.8) is 0 Å². The molecule has 1 saturated heterocycles. The second-order valence-electron chi connectivity index (χ2n) is 7.71. The van der Waals surface area contributed by atoms with E-state index in [0.29, 0.717) is 48.4 Å². The van der Waals surface area contributed by atoms with Crippen molar-refractivity contribution >= 4 is 40.2 Å². The molecule has 7 nitrogen and oxygen atoms in total. The van der Waals surface area contributed by atoms with Crippen molar-refractivity contribution in [3.8, 4) is 11.4 Å². The zero-order chi connectivity index (χ0) is 22.8. The zero-order valence-electron chi connectivity index (χ0n) is 18.1. The Morgan fingerprint density at radius 1 is 1.06 bits per heavy atom. The number of rotatable bonds is 5. The van der Waals surface area contributed by atoms with Crippen LogP contribution < -0.4 is 10.1 Å². The molecule has 0 atom stereocenters. The van der Waals surface area contributed by atoms with E-state index in [1.807, 2.05) is 76.2 Å². The molecule has 4 aromatic rings. The number of amides is 1. The number of aromatic nitrogens is 2. The average molecular weight is 463 g/mol. The number of ether oxygens (including phenoxy) is 2. The molecule has 1 aliphatic rings. The molecule has 0 bridgehead atoms. The molecule has 2 heterocycles. The van der Waals surface area contributed by atoms with Gasteiger partial charge < -0.3 is 19.7 Å². The van der Waals surface area contributed by atoms with Crippen LogP contribution in [-0.4, -0.2) is 53.8 Å². The Hall–Kier alpha value is -3.55. The maximum absolute atomic E-state index is 13.0. The largest absolute Gasteiger partial charge is 0.497 e. The molecular formula is C25H23ClN4O3. The Labute approximate surface area is 196 Å². The average Bonchev–Trinajstić information content (AvgIpc) is 3.21. The van der Waals surface area contributed by atoms with Gasteiger partial charge in [-0.15, -0.1) is 0 Å². The lowest BCUT2D eigenvalue weighted by molar-refractivity contribution is 0.0303. The van der Waals surface area contributed by atoms with Gasteiger partial charge in [0.1, 0.15) is 5.75 Å². The minimum atomic E-state index is -0.0119. The van der Waals surface area contributed by atoms with Crippen molar-refractivity contribution < 1.29 is 14.3 Å². The number of carbonyl (C=O) groups excluding carboxylic acids is 1. The number of nitrogens with one attached hydrogen (secondary N) is 1. The van der Waals surface area contributed by atoms with E-state index in [1.54, 1.807) is 7.11 Å². The monoisotopic (exact) mass is 462 g/mol. The Morgan fingerprint density at radius 3 is 2.58 bits per heavy atom. The molecule has 8 heteroatoms. The van der Waals surface area contributed by atoms with Crippen molar-refractivity contribution in [2.45, 2.75) is 0 Å². The first-order chi connectivity index (χ1) is 16.1. The van der Waals surface area contributed by atoms with Crippen LogP contribution in [0.25, 0.3) is 16.7 Å². The maximum atomic E-state index is 13.0. The summed E-state index contributed by atoms with van der Waals surface area (Å²) in [4.78, 5) is 19.6. The van der Waals surface area contributed by atoms with Gasteiger partial charge in [0.05, 0.1) is 37.0 Å². The quantitative estimate of drug-likeness (QED) is 0.456. The highest BCUT2D eigenvalue weighted by Crippen LogP contribution is 2.29. The van der Waals surface area contributed by atoms with Crippen LogP contribution in [0.3, 0.4) is 0 Å². The second-order valence-corrected chi connectivity index (χ2v) is 8.15. The number of methoxy groups -OCH3 is 1. The SMILES string of the molecule is COc1ccc(Nc2nc3cc(C(=O)N4CCOCC4)ccc3n2-c2cccc(Cl)c2)cc1. The highest BCUT2D eigenvalue weighted by Gasteiger charge is 2.21. The summed E-state index contributed by atoms with van der Waals surface area (Å²) in [5.74, 6) is 1.38. The first-order valence-electron chi connectivity index (χ1n) is 10.7. The van der Waals surface area contributed by atoms with Crippen molar-refractivity contribution in [2.24, 2.45) is 0 Å². The van der Waals surface area contributed by atoms with Crippen molar-refractivity contribution in [3.05, 3.63) is 77.3 Å². The standard InChI is InChI=1S/C25H23ClN4O3/c1-32-21-8-6-19(7-9-21)27-25-28-22-15-17(24(31)29-11-13-33-14-12-29)5-10-23(22)30(25)20-4-2-3-18(26)16-20/h2-10,15-16H,11-14H2,1H3,(H,27,28).